The van der Waals surface area contributed by atoms with Gasteiger partial charge < -0.3 is 14.6 Å². The summed E-state index contributed by atoms with van der Waals surface area (Å²) in [6.45, 7) is 1.60. The molecule has 0 amide bonds. The Balaban J connectivity index is 2.61. The molecule has 1 heterocycles. The van der Waals surface area contributed by atoms with E-state index in [4.69, 9.17) is 26.2 Å². The molecule has 0 spiro atoms. The molecule has 1 aromatic carbocycles. The number of carbonyl (C=O) groups is 2. The molecule has 0 aromatic heterocycles. The first-order valence-electron chi connectivity index (χ1n) is 4.38. The second-order valence-corrected chi connectivity index (χ2v) is 3.64. The molecule has 1 aliphatic rings. The molecule has 5 nitrogen and oxygen atoms in total. The Labute approximate surface area is 95.5 Å². The van der Waals surface area contributed by atoms with Gasteiger partial charge >= 0.3 is 5.97 Å². The third kappa shape index (κ3) is 1.49. The first kappa shape index (κ1) is 10.8. The third-order valence-electron chi connectivity index (χ3n) is 2.28. The van der Waals surface area contributed by atoms with Crippen molar-refractivity contribution >= 4 is 23.4 Å². The highest BCUT2D eigenvalue weighted by Gasteiger charge is 2.27. The minimum absolute atomic E-state index is 0.0145. The molecule has 0 aliphatic carbocycles. The fourth-order valence-electron chi connectivity index (χ4n) is 1.51. The van der Waals surface area contributed by atoms with Gasteiger partial charge in [-0.25, -0.2) is 4.79 Å². The topological polar surface area (TPSA) is 72.8 Å². The van der Waals surface area contributed by atoms with E-state index >= 15 is 0 Å². The normalized spacial score (nSPS) is 12.6. The van der Waals surface area contributed by atoms with Crippen LogP contribution in [0.15, 0.2) is 6.07 Å². The van der Waals surface area contributed by atoms with Crippen LogP contribution in [0.25, 0.3) is 0 Å². The SMILES string of the molecule is Cc1c(C(=O)C(=O)O)cc(Cl)c2c1OCO2. The standard InChI is InChI=1S/C10H7ClO5/c1-4-5(7(12)10(13)14)2-6(11)9-8(4)15-3-16-9/h2H,3H2,1H3,(H,13,14). The number of benzene rings is 1. The minimum atomic E-state index is -1.53. The lowest BCUT2D eigenvalue weighted by Crippen LogP contribution is -2.14. The Morgan fingerprint density at radius 3 is 2.62 bits per heavy atom. The van der Waals surface area contributed by atoms with Crippen LogP contribution in [-0.2, 0) is 4.79 Å². The van der Waals surface area contributed by atoms with E-state index in [0.29, 0.717) is 17.1 Å². The average molecular weight is 243 g/mol. The van der Waals surface area contributed by atoms with Crippen molar-refractivity contribution in [1.29, 1.82) is 0 Å². The van der Waals surface area contributed by atoms with Crippen LogP contribution in [-0.4, -0.2) is 23.7 Å². The quantitative estimate of drug-likeness (QED) is 0.631. The van der Waals surface area contributed by atoms with E-state index in [1.165, 1.54) is 6.07 Å². The Kier molecular flexibility index (Phi) is 2.47. The molecule has 0 saturated heterocycles. The number of ether oxygens (including phenoxy) is 2. The van der Waals surface area contributed by atoms with Gasteiger partial charge in [0.2, 0.25) is 6.79 Å². The molecule has 1 aromatic rings. The number of hydrogen-bond donors (Lipinski definition) is 1. The lowest BCUT2D eigenvalue weighted by atomic mass is 10.0. The summed E-state index contributed by atoms with van der Waals surface area (Å²) in [5, 5.41) is 8.80. The van der Waals surface area contributed by atoms with Crippen LogP contribution >= 0.6 is 11.6 Å². The van der Waals surface area contributed by atoms with Crippen molar-refractivity contribution in [1.82, 2.24) is 0 Å². The van der Waals surface area contributed by atoms with Crippen LogP contribution in [0.5, 0.6) is 11.5 Å². The van der Waals surface area contributed by atoms with Gasteiger partial charge in [0.05, 0.1) is 5.02 Å². The molecule has 0 unspecified atom stereocenters. The molecule has 6 heteroatoms. The minimum Gasteiger partial charge on any atom is -0.475 e. The monoisotopic (exact) mass is 242 g/mol. The summed E-state index contributed by atoms with van der Waals surface area (Å²) in [5.74, 6) is -1.87. The van der Waals surface area contributed by atoms with E-state index < -0.39 is 11.8 Å². The number of carbonyl (C=O) groups excluding carboxylic acids is 1. The van der Waals surface area contributed by atoms with E-state index in [1.807, 2.05) is 0 Å². The zero-order chi connectivity index (χ0) is 11.9. The van der Waals surface area contributed by atoms with E-state index in [9.17, 15) is 9.59 Å². The fourth-order valence-corrected chi connectivity index (χ4v) is 1.76. The van der Waals surface area contributed by atoms with Crippen LogP contribution in [0.1, 0.15) is 15.9 Å². The van der Waals surface area contributed by atoms with Crippen molar-refractivity contribution in [3.63, 3.8) is 0 Å². The Morgan fingerprint density at radius 2 is 2.00 bits per heavy atom. The summed E-state index contributed by atoms with van der Waals surface area (Å²) < 4.78 is 10.2. The molecule has 0 saturated carbocycles. The summed E-state index contributed by atoms with van der Waals surface area (Å²) in [6.07, 6.45) is 0. The number of fused-ring (bicyclic) bond motifs is 1. The molecule has 16 heavy (non-hydrogen) atoms. The zero-order valence-electron chi connectivity index (χ0n) is 8.24. The molecular formula is C10H7ClO5. The first-order valence-corrected chi connectivity index (χ1v) is 4.76. The average Bonchev–Trinajstić information content (AvgIpc) is 2.71. The van der Waals surface area contributed by atoms with Gasteiger partial charge in [-0.3, -0.25) is 4.79 Å². The van der Waals surface area contributed by atoms with Gasteiger partial charge in [-0.2, -0.15) is 0 Å². The maximum absolute atomic E-state index is 11.4. The molecular weight excluding hydrogens is 236 g/mol. The third-order valence-corrected chi connectivity index (χ3v) is 2.56. The number of ketones is 1. The lowest BCUT2D eigenvalue weighted by Gasteiger charge is -2.07. The molecule has 1 aliphatic heterocycles. The summed E-state index contributed by atoms with van der Waals surface area (Å²) >= 11 is 5.85. The highest BCUT2D eigenvalue weighted by atomic mass is 35.5. The van der Waals surface area contributed by atoms with Crippen molar-refractivity contribution < 1.29 is 24.2 Å². The number of carboxylic acids is 1. The van der Waals surface area contributed by atoms with Gasteiger partial charge in [-0.1, -0.05) is 11.6 Å². The molecule has 0 atom stereocenters. The van der Waals surface area contributed by atoms with Crippen LogP contribution in [0.4, 0.5) is 0 Å². The van der Waals surface area contributed by atoms with E-state index in [-0.39, 0.29) is 17.4 Å². The maximum Gasteiger partial charge on any atom is 0.377 e. The molecule has 0 fully saturated rings. The highest BCUT2D eigenvalue weighted by Crippen LogP contribution is 2.43. The van der Waals surface area contributed by atoms with Crippen LogP contribution in [0, 0.1) is 6.92 Å². The number of aliphatic carboxylic acids is 1. The summed E-state index contributed by atoms with van der Waals surface area (Å²) in [4.78, 5) is 22.0. The molecule has 0 bridgehead atoms. The Bertz CT molecular complexity index is 494. The number of carboxylic acid groups (broad SMARTS) is 1. The van der Waals surface area contributed by atoms with Gasteiger partial charge in [0, 0.05) is 11.1 Å². The van der Waals surface area contributed by atoms with Gasteiger partial charge in [0.1, 0.15) is 0 Å². The van der Waals surface area contributed by atoms with Crippen molar-refractivity contribution in [2.45, 2.75) is 6.92 Å². The second kappa shape index (κ2) is 3.68. The number of Topliss-reactive ketones (excluding diaryl/α,β-unsaturated/α-hetero) is 1. The van der Waals surface area contributed by atoms with Crippen molar-refractivity contribution in [2.24, 2.45) is 0 Å². The molecule has 84 valence electrons. The first-order chi connectivity index (χ1) is 7.52. The lowest BCUT2D eigenvalue weighted by molar-refractivity contribution is -0.131. The van der Waals surface area contributed by atoms with E-state index in [1.54, 1.807) is 6.92 Å². The largest absolute Gasteiger partial charge is 0.475 e. The van der Waals surface area contributed by atoms with Gasteiger partial charge in [-0.05, 0) is 13.0 Å². The smallest absolute Gasteiger partial charge is 0.377 e. The number of halogens is 1. The summed E-state index contributed by atoms with van der Waals surface area (Å²) in [6, 6.07) is 1.28. The predicted octanol–water partition coefficient (Wildman–Crippen LogP) is 1.64. The van der Waals surface area contributed by atoms with Crippen LogP contribution in [0.3, 0.4) is 0 Å². The fraction of sp³-hybridized carbons (Fsp3) is 0.200. The van der Waals surface area contributed by atoms with E-state index in [2.05, 4.69) is 0 Å². The van der Waals surface area contributed by atoms with Crippen molar-refractivity contribution in [3.05, 3.63) is 22.2 Å². The number of hydrogen-bond acceptors (Lipinski definition) is 4. The predicted molar refractivity (Wildman–Crippen MR) is 54.3 cm³/mol. The summed E-state index contributed by atoms with van der Waals surface area (Å²) in [7, 11) is 0. The maximum atomic E-state index is 11.4. The molecule has 1 N–H and O–H groups in total. The second-order valence-electron chi connectivity index (χ2n) is 3.23. The Morgan fingerprint density at radius 1 is 1.38 bits per heavy atom. The van der Waals surface area contributed by atoms with Crippen LogP contribution < -0.4 is 9.47 Å². The Hall–Kier alpha value is -1.75. The molecule has 2 rings (SSSR count). The van der Waals surface area contributed by atoms with Crippen LogP contribution in [0.2, 0.25) is 5.02 Å². The zero-order valence-corrected chi connectivity index (χ0v) is 9.00. The molecule has 0 radical (unpaired) electrons. The number of rotatable bonds is 2. The van der Waals surface area contributed by atoms with Gasteiger partial charge in [0.25, 0.3) is 5.78 Å². The van der Waals surface area contributed by atoms with Crippen molar-refractivity contribution in [3.8, 4) is 11.5 Å². The summed E-state index contributed by atoms with van der Waals surface area (Å²) in [5.41, 5.74) is 0.436. The van der Waals surface area contributed by atoms with Crippen molar-refractivity contribution in [2.75, 3.05) is 6.79 Å². The highest BCUT2D eigenvalue weighted by molar-refractivity contribution is 6.41. The van der Waals surface area contributed by atoms with Gasteiger partial charge in [-0.15, -0.1) is 0 Å². The van der Waals surface area contributed by atoms with E-state index in [0.717, 1.165) is 0 Å². The van der Waals surface area contributed by atoms with Gasteiger partial charge in [0.15, 0.2) is 11.5 Å².